The lowest BCUT2D eigenvalue weighted by Gasteiger charge is -2.49. The molecule has 1 aliphatic carbocycles. The van der Waals surface area contributed by atoms with Crippen LogP contribution in [-0.2, 0) is 11.2 Å². The molecule has 1 heterocycles. The van der Waals surface area contributed by atoms with Crippen molar-refractivity contribution in [3.8, 4) is 5.75 Å². The van der Waals surface area contributed by atoms with E-state index >= 15 is 0 Å². The van der Waals surface area contributed by atoms with Gasteiger partial charge in [-0.1, -0.05) is 19.1 Å². The highest BCUT2D eigenvalue weighted by atomic mass is 19.3. The number of halogens is 2. The molecule has 26 heavy (non-hydrogen) atoms. The van der Waals surface area contributed by atoms with Crippen LogP contribution in [0.2, 0.25) is 0 Å². The van der Waals surface area contributed by atoms with E-state index in [1.165, 1.54) is 0 Å². The van der Waals surface area contributed by atoms with Crippen molar-refractivity contribution in [1.29, 1.82) is 0 Å². The topological polar surface area (TPSA) is 49.8 Å². The van der Waals surface area contributed by atoms with Crippen LogP contribution in [0, 0.1) is 17.3 Å². The SMILES string of the molecule is CC[C@H](CO)C(=O)N1CC2(CCC(Cc3ccc(OC(F)F)cc3)C2)C1. The maximum absolute atomic E-state index is 12.3. The van der Waals surface area contributed by atoms with Gasteiger partial charge >= 0.3 is 6.61 Å². The normalized spacial score (nSPS) is 22.5. The molecule has 2 fully saturated rings. The Labute approximate surface area is 153 Å². The Balaban J connectivity index is 1.48. The molecule has 1 N–H and O–H groups in total. The van der Waals surface area contributed by atoms with Crippen LogP contribution in [0.5, 0.6) is 5.75 Å². The molecule has 1 unspecified atom stereocenters. The average molecular weight is 367 g/mol. The lowest BCUT2D eigenvalue weighted by atomic mass is 9.76. The van der Waals surface area contributed by atoms with Crippen LogP contribution < -0.4 is 4.74 Å². The second-order valence-corrected chi connectivity index (χ2v) is 7.82. The summed E-state index contributed by atoms with van der Waals surface area (Å²) >= 11 is 0. The summed E-state index contributed by atoms with van der Waals surface area (Å²) in [6.07, 6.45) is 4.96. The first-order valence-corrected chi connectivity index (χ1v) is 9.38. The van der Waals surface area contributed by atoms with E-state index in [1.807, 2.05) is 24.0 Å². The first-order chi connectivity index (χ1) is 12.4. The lowest BCUT2D eigenvalue weighted by molar-refractivity contribution is -0.149. The molecule has 144 valence electrons. The molecule has 1 aromatic rings. The van der Waals surface area contributed by atoms with E-state index in [-0.39, 0.29) is 29.6 Å². The summed E-state index contributed by atoms with van der Waals surface area (Å²) in [5.74, 6) is 0.570. The third-order valence-corrected chi connectivity index (χ3v) is 5.90. The maximum atomic E-state index is 12.3. The zero-order valence-corrected chi connectivity index (χ0v) is 15.2. The van der Waals surface area contributed by atoms with E-state index in [0.717, 1.165) is 44.3 Å². The van der Waals surface area contributed by atoms with Gasteiger partial charge in [0.25, 0.3) is 0 Å². The van der Waals surface area contributed by atoms with Gasteiger partial charge in [-0.05, 0) is 55.7 Å². The number of rotatable bonds is 7. The summed E-state index contributed by atoms with van der Waals surface area (Å²) in [6, 6.07) is 6.89. The second kappa shape index (κ2) is 7.91. The summed E-state index contributed by atoms with van der Waals surface area (Å²) in [6.45, 7) is 0.669. The molecule has 1 amide bonds. The molecule has 1 spiro atoms. The molecule has 1 saturated carbocycles. The number of hydrogen-bond acceptors (Lipinski definition) is 3. The Morgan fingerprint density at radius 2 is 2.04 bits per heavy atom. The molecule has 6 heteroatoms. The van der Waals surface area contributed by atoms with Crippen molar-refractivity contribution in [1.82, 2.24) is 4.90 Å². The monoisotopic (exact) mass is 367 g/mol. The van der Waals surface area contributed by atoms with Crippen molar-refractivity contribution in [3.05, 3.63) is 29.8 Å². The second-order valence-electron chi connectivity index (χ2n) is 7.82. The highest BCUT2D eigenvalue weighted by Crippen LogP contribution is 2.49. The largest absolute Gasteiger partial charge is 0.435 e. The summed E-state index contributed by atoms with van der Waals surface area (Å²) in [4.78, 5) is 14.2. The summed E-state index contributed by atoms with van der Waals surface area (Å²) in [5, 5.41) is 9.30. The van der Waals surface area contributed by atoms with Gasteiger partial charge in [0.05, 0.1) is 12.5 Å². The van der Waals surface area contributed by atoms with Crippen LogP contribution in [-0.4, -0.2) is 42.2 Å². The Kier molecular flexibility index (Phi) is 5.80. The van der Waals surface area contributed by atoms with Crippen LogP contribution in [0.1, 0.15) is 38.2 Å². The Bertz CT molecular complexity index is 610. The molecule has 2 atom stereocenters. The molecule has 0 aromatic heterocycles. The Morgan fingerprint density at radius 1 is 1.35 bits per heavy atom. The minimum atomic E-state index is -2.79. The zero-order chi connectivity index (χ0) is 18.7. The quantitative estimate of drug-likeness (QED) is 0.803. The number of nitrogens with zero attached hydrogens (tertiary/aromatic N) is 1. The molecular formula is C20H27F2NO3. The zero-order valence-electron chi connectivity index (χ0n) is 15.2. The maximum Gasteiger partial charge on any atom is 0.387 e. The minimum absolute atomic E-state index is 0.0767. The fraction of sp³-hybridized carbons (Fsp3) is 0.650. The van der Waals surface area contributed by atoms with Crippen molar-refractivity contribution in [2.75, 3.05) is 19.7 Å². The number of aliphatic hydroxyl groups is 1. The van der Waals surface area contributed by atoms with Crippen molar-refractivity contribution in [2.24, 2.45) is 17.3 Å². The van der Waals surface area contributed by atoms with Crippen LogP contribution in [0.3, 0.4) is 0 Å². The number of carbonyl (C=O) groups is 1. The first kappa shape index (κ1) is 19.1. The molecule has 4 nitrogen and oxygen atoms in total. The number of amides is 1. The average Bonchev–Trinajstić information content (AvgIpc) is 3.00. The highest BCUT2D eigenvalue weighted by molar-refractivity contribution is 5.80. The van der Waals surface area contributed by atoms with Crippen molar-refractivity contribution in [2.45, 2.75) is 45.6 Å². The number of hydrogen-bond donors (Lipinski definition) is 1. The smallest absolute Gasteiger partial charge is 0.387 e. The van der Waals surface area contributed by atoms with Gasteiger partial charge in [-0.25, -0.2) is 0 Å². The van der Waals surface area contributed by atoms with Crippen molar-refractivity contribution >= 4 is 5.91 Å². The first-order valence-electron chi connectivity index (χ1n) is 9.38. The summed E-state index contributed by atoms with van der Waals surface area (Å²) < 4.78 is 28.8. The predicted octanol–water partition coefficient (Wildman–Crippen LogP) is 3.48. The summed E-state index contributed by atoms with van der Waals surface area (Å²) in [7, 11) is 0. The Morgan fingerprint density at radius 3 is 2.62 bits per heavy atom. The van der Waals surface area contributed by atoms with Gasteiger partial charge in [0, 0.05) is 18.5 Å². The van der Waals surface area contributed by atoms with Crippen LogP contribution in [0.25, 0.3) is 0 Å². The molecule has 1 saturated heterocycles. The predicted molar refractivity (Wildman–Crippen MR) is 94.0 cm³/mol. The third-order valence-electron chi connectivity index (χ3n) is 5.90. The minimum Gasteiger partial charge on any atom is -0.435 e. The van der Waals surface area contributed by atoms with E-state index in [0.29, 0.717) is 12.3 Å². The standard InChI is InChI=1S/C20H27F2NO3/c1-2-16(11-24)18(25)23-12-20(13-23)8-7-15(10-20)9-14-3-5-17(6-4-14)26-19(21)22/h3-6,15-16,19,24H,2,7-13H2,1H3/t15?,16-/m1/s1. The molecule has 0 bridgehead atoms. The van der Waals surface area contributed by atoms with Crippen molar-refractivity contribution < 1.29 is 23.4 Å². The van der Waals surface area contributed by atoms with E-state index < -0.39 is 6.61 Å². The van der Waals surface area contributed by atoms with Crippen LogP contribution in [0.15, 0.2) is 24.3 Å². The van der Waals surface area contributed by atoms with Gasteiger partial charge in [-0.15, -0.1) is 0 Å². The van der Waals surface area contributed by atoms with Gasteiger partial charge in [0.1, 0.15) is 5.75 Å². The summed E-state index contributed by atoms with van der Waals surface area (Å²) in [5.41, 5.74) is 1.37. The third kappa shape index (κ3) is 4.17. The van der Waals surface area contributed by atoms with E-state index in [9.17, 15) is 18.7 Å². The fourth-order valence-corrected chi connectivity index (χ4v) is 4.49. The van der Waals surface area contributed by atoms with Gasteiger partial charge in [0.15, 0.2) is 0 Å². The lowest BCUT2D eigenvalue weighted by Crippen LogP contribution is -2.59. The van der Waals surface area contributed by atoms with Gasteiger partial charge < -0.3 is 14.7 Å². The van der Waals surface area contributed by atoms with Crippen molar-refractivity contribution in [3.63, 3.8) is 0 Å². The molecule has 3 rings (SSSR count). The molecule has 1 aromatic carbocycles. The number of aliphatic hydroxyl groups excluding tert-OH is 1. The number of carbonyl (C=O) groups excluding carboxylic acids is 1. The number of ether oxygens (including phenoxy) is 1. The van der Waals surface area contributed by atoms with Gasteiger partial charge in [-0.3, -0.25) is 4.79 Å². The van der Waals surface area contributed by atoms with Crippen LogP contribution in [0.4, 0.5) is 8.78 Å². The molecule has 1 aliphatic heterocycles. The molecular weight excluding hydrogens is 340 g/mol. The Hall–Kier alpha value is -1.69. The fourth-order valence-electron chi connectivity index (χ4n) is 4.49. The number of alkyl halides is 2. The van der Waals surface area contributed by atoms with E-state index in [2.05, 4.69) is 4.74 Å². The molecule has 2 aliphatic rings. The highest BCUT2D eigenvalue weighted by Gasteiger charge is 2.49. The number of likely N-dealkylation sites (tertiary alicyclic amines) is 1. The van der Waals surface area contributed by atoms with Gasteiger partial charge in [0.2, 0.25) is 5.91 Å². The van der Waals surface area contributed by atoms with E-state index in [1.54, 1.807) is 12.1 Å². The van der Waals surface area contributed by atoms with Crippen LogP contribution >= 0.6 is 0 Å². The van der Waals surface area contributed by atoms with E-state index in [4.69, 9.17) is 0 Å². The number of benzene rings is 1. The molecule has 0 radical (unpaired) electrons. The van der Waals surface area contributed by atoms with Gasteiger partial charge in [-0.2, -0.15) is 8.78 Å².